The first kappa shape index (κ1) is 22.1. The third-order valence-corrected chi connectivity index (χ3v) is 6.00. The van der Waals surface area contributed by atoms with Crippen LogP contribution in [0.4, 0.5) is 11.5 Å². The minimum Gasteiger partial charge on any atom is -0.489 e. The summed E-state index contributed by atoms with van der Waals surface area (Å²) in [4.78, 5) is 31.1. The van der Waals surface area contributed by atoms with Gasteiger partial charge in [-0.15, -0.1) is 0 Å². The largest absolute Gasteiger partial charge is 0.489 e. The number of ether oxygens (including phenoxy) is 2. The molecule has 1 saturated carbocycles. The van der Waals surface area contributed by atoms with Crippen molar-refractivity contribution >= 4 is 23.3 Å². The van der Waals surface area contributed by atoms with Gasteiger partial charge in [0.1, 0.15) is 19.0 Å². The van der Waals surface area contributed by atoms with E-state index in [9.17, 15) is 9.59 Å². The molecule has 1 aromatic heterocycles. The van der Waals surface area contributed by atoms with E-state index in [2.05, 4.69) is 20.5 Å². The van der Waals surface area contributed by atoms with Crippen molar-refractivity contribution in [1.82, 2.24) is 15.6 Å². The second-order valence-corrected chi connectivity index (χ2v) is 8.28. The molecule has 170 valence electrons. The number of para-hydroxylation sites is 1. The maximum absolute atomic E-state index is 13.1. The molecule has 1 aromatic carbocycles. The number of amides is 2. The molecule has 32 heavy (non-hydrogen) atoms. The highest BCUT2D eigenvalue weighted by Gasteiger charge is 2.28. The minimum atomic E-state index is -0.129. The Kier molecular flexibility index (Phi) is 6.90. The average Bonchev–Trinajstić information content (AvgIpc) is 2.83. The number of fused-ring (bicyclic) bond motifs is 1. The zero-order valence-corrected chi connectivity index (χ0v) is 18.6. The molecule has 0 bridgehead atoms. The van der Waals surface area contributed by atoms with Crippen LogP contribution in [0.15, 0.2) is 36.5 Å². The van der Waals surface area contributed by atoms with Gasteiger partial charge in [0.2, 0.25) is 5.91 Å². The number of carbonyl (C=O) groups excluding carboxylic acids is 2. The molecule has 1 fully saturated rings. The van der Waals surface area contributed by atoms with Crippen molar-refractivity contribution in [2.75, 3.05) is 31.7 Å². The van der Waals surface area contributed by atoms with Crippen molar-refractivity contribution in [3.8, 4) is 5.75 Å². The molecule has 8 heteroatoms. The normalized spacial score (nSPS) is 20.1. The van der Waals surface area contributed by atoms with E-state index in [0.717, 1.165) is 42.8 Å². The predicted molar refractivity (Wildman–Crippen MR) is 121 cm³/mol. The highest BCUT2D eigenvalue weighted by atomic mass is 16.5. The van der Waals surface area contributed by atoms with Crippen LogP contribution in [0.5, 0.6) is 5.75 Å². The van der Waals surface area contributed by atoms with Crippen molar-refractivity contribution in [2.45, 2.75) is 44.8 Å². The van der Waals surface area contributed by atoms with Gasteiger partial charge in [0.25, 0.3) is 5.91 Å². The van der Waals surface area contributed by atoms with Crippen LogP contribution in [0.25, 0.3) is 0 Å². The molecular formula is C24H30N4O4. The highest BCUT2D eigenvalue weighted by molar-refractivity contribution is 5.99. The summed E-state index contributed by atoms with van der Waals surface area (Å²) in [6.07, 6.45) is 5.18. The Hall–Kier alpha value is -3.13. The van der Waals surface area contributed by atoms with Crippen LogP contribution in [0, 0.1) is 6.92 Å². The standard InChI is InChI=1S/C24H30N4O4/c1-16-6-11-21(26-14-16)28-12-13-31-23-19(4-3-5-20(23)28)24(30)27-17-7-9-18(10-8-17)32-15-22(29)25-2/h3-6,11,14,17-18H,7-10,12-13,15H2,1-2H3,(H,25,29)(H,27,30)/t17-,18-. The van der Waals surface area contributed by atoms with Crippen LogP contribution in [0.3, 0.4) is 0 Å². The first-order chi connectivity index (χ1) is 15.5. The molecular weight excluding hydrogens is 408 g/mol. The van der Waals surface area contributed by atoms with Gasteiger partial charge < -0.3 is 25.0 Å². The second-order valence-electron chi connectivity index (χ2n) is 8.28. The van der Waals surface area contributed by atoms with Gasteiger partial charge in [-0.25, -0.2) is 4.98 Å². The van der Waals surface area contributed by atoms with Gasteiger partial charge in [-0.05, 0) is 56.4 Å². The van der Waals surface area contributed by atoms with Crippen LogP contribution in [0.1, 0.15) is 41.6 Å². The third-order valence-electron chi connectivity index (χ3n) is 6.00. The fourth-order valence-electron chi connectivity index (χ4n) is 4.19. The van der Waals surface area contributed by atoms with E-state index in [4.69, 9.17) is 9.47 Å². The Bertz CT molecular complexity index is 955. The number of nitrogens with one attached hydrogen (secondary N) is 2. The van der Waals surface area contributed by atoms with Crippen LogP contribution in [-0.2, 0) is 9.53 Å². The molecule has 2 heterocycles. The lowest BCUT2D eigenvalue weighted by atomic mass is 9.92. The Morgan fingerprint density at radius 1 is 1.19 bits per heavy atom. The number of aryl methyl sites for hydroxylation is 1. The molecule has 4 rings (SSSR count). The number of nitrogens with zero attached hydrogens (tertiary/aromatic N) is 2. The molecule has 0 radical (unpaired) electrons. The lowest BCUT2D eigenvalue weighted by Gasteiger charge is -2.32. The van der Waals surface area contributed by atoms with Crippen molar-refractivity contribution in [3.63, 3.8) is 0 Å². The first-order valence-corrected chi connectivity index (χ1v) is 11.1. The number of aromatic nitrogens is 1. The Labute approximate surface area is 188 Å². The van der Waals surface area contributed by atoms with E-state index < -0.39 is 0 Å². The second kappa shape index (κ2) is 9.99. The highest BCUT2D eigenvalue weighted by Crippen LogP contribution is 2.38. The van der Waals surface area contributed by atoms with E-state index in [0.29, 0.717) is 24.5 Å². The molecule has 1 aliphatic heterocycles. The Morgan fingerprint density at radius 3 is 2.72 bits per heavy atom. The van der Waals surface area contributed by atoms with Gasteiger partial charge in [-0.3, -0.25) is 9.59 Å². The number of rotatable bonds is 6. The van der Waals surface area contributed by atoms with Crippen LogP contribution in [-0.4, -0.2) is 55.8 Å². The molecule has 0 saturated heterocycles. The summed E-state index contributed by atoms with van der Waals surface area (Å²) in [5.74, 6) is 1.19. The van der Waals surface area contributed by atoms with E-state index in [1.54, 1.807) is 13.1 Å². The number of likely N-dealkylation sites (N-methyl/N-ethyl adjacent to an activating group) is 1. The van der Waals surface area contributed by atoms with E-state index in [1.807, 2.05) is 37.4 Å². The average molecular weight is 439 g/mol. The maximum atomic E-state index is 13.1. The van der Waals surface area contributed by atoms with E-state index in [1.165, 1.54) is 0 Å². The number of benzene rings is 1. The number of pyridine rings is 1. The molecule has 1 aliphatic carbocycles. The van der Waals surface area contributed by atoms with Crippen molar-refractivity contribution in [2.24, 2.45) is 0 Å². The molecule has 0 atom stereocenters. The quantitative estimate of drug-likeness (QED) is 0.721. The van der Waals surface area contributed by atoms with E-state index >= 15 is 0 Å². The number of hydrogen-bond donors (Lipinski definition) is 2. The monoisotopic (exact) mass is 438 g/mol. The first-order valence-electron chi connectivity index (χ1n) is 11.1. The smallest absolute Gasteiger partial charge is 0.255 e. The van der Waals surface area contributed by atoms with Gasteiger partial charge in [-0.1, -0.05) is 12.1 Å². The molecule has 2 aromatic rings. The minimum absolute atomic E-state index is 0.0591. The molecule has 2 N–H and O–H groups in total. The Morgan fingerprint density at radius 2 is 2.00 bits per heavy atom. The fourth-order valence-corrected chi connectivity index (χ4v) is 4.19. The van der Waals surface area contributed by atoms with Crippen molar-refractivity contribution in [1.29, 1.82) is 0 Å². The summed E-state index contributed by atoms with van der Waals surface area (Å²) in [5, 5.41) is 5.71. The zero-order chi connectivity index (χ0) is 22.5. The SMILES string of the molecule is CNC(=O)CO[C@H]1CC[C@H](NC(=O)c2cccc3c2OCCN3c2ccc(C)cn2)CC1. The summed E-state index contributed by atoms with van der Waals surface area (Å²) in [5.41, 5.74) is 2.49. The molecule has 2 amide bonds. The van der Waals surface area contributed by atoms with Crippen molar-refractivity contribution < 1.29 is 19.1 Å². The van der Waals surface area contributed by atoms with Gasteiger partial charge >= 0.3 is 0 Å². The van der Waals surface area contributed by atoms with Gasteiger partial charge in [-0.2, -0.15) is 0 Å². The summed E-state index contributed by atoms with van der Waals surface area (Å²) in [7, 11) is 1.60. The fraction of sp³-hybridized carbons (Fsp3) is 0.458. The zero-order valence-electron chi connectivity index (χ0n) is 18.6. The summed E-state index contributed by atoms with van der Waals surface area (Å²) >= 11 is 0. The van der Waals surface area contributed by atoms with Gasteiger partial charge in [0.15, 0.2) is 5.75 Å². The Balaban J connectivity index is 1.40. The topological polar surface area (TPSA) is 92.8 Å². The molecule has 0 unspecified atom stereocenters. The number of anilines is 2. The third kappa shape index (κ3) is 5.02. The molecule has 2 aliphatic rings. The van der Waals surface area contributed by atoms with Crippen LogP contribution in [0.2, 0.25) is 0 Å². The van der Waals surface area contributed by atoms with Crippen LogP contribution < -0.4 is 20.3 Å². The maximum Gasteiger partial charge on any atom is 0.255 e. The van der Waals surface area contributed by atoms with Gasteiger partial charge in [0, 0.05) is 19.3 Å². The number of hydrogen-bond acceptors (Lipinski definition) is 6. The summed E-state index contributed by atoms with van der Waals surface area (Å²) in [6.45, 7) is 3.25. The molecule has 8 nitrogen and oxygen atoms in total. The lowest BCUT2D eigenvalue weighted by molar-refractivity contribution is -0.127. The predicted octanol–water partition coefficient (Wildman–Crippen LogP) is 2.72. The van der Waals surface area contributed by atoms with E-state index in [-0.39, 0.29) is 30.6 Å². The summed E-state index contributed by atoms with van der Waals surface area (Å²) in [6, 6.07) is 9.74. The van der Waals surface area contributed by atoms with Crippen LogP contribution >= 0.6 is 0 Å². The number of carbonyl (C=O) groups is 2. The van der Waals surface area contributed by atoms with Crippen molar-refractivity contribution in [3.05, 3.63) is 47.7 Å². The van der Waals surface area contributed by atoms with Gasteiger partial charge in [0.05, 0.1) is 23.9 Å². The lowest BCUT2D eigenvalue weighted by Crippen LogP contribution is -2.40. The summed E-state index contributed by atoms with van der Waals surface area (Å²) < 4.78 is 11.6. The molecule has 0 spiro atoms.